The Morgan fingerprint density at radius 3 is 2.69 bits per heavy atom. The molecule has 1 aliphatic carbocycles. The van der Waals surface area contributed by atoms with E-state index in [1.54, 1.807) is 25.1 Å². The maximum absolute atomic E-state index is 13.3. The van der Waals surface area contributed by atoms with Gasteiger partial charge in [-0.25, -0.2) is 4.79 Å². The van der Waals surface area contributed by atoms with Crippen LogP contribution >= 0.6 is 0 Å². The van der Waals surface area contributed by atoms with Crippen LogP contribution in [0.1, 0.15) is 24.5 Å². The summed E-state index contributed by atoms with van der Waals surface area (Å²) in [6, 6.07) is 12.0. The Labute approximate surface area is 202 Å². The van der Waals surface area contributed by atoms with Crippen molar-refractivity contribution in [2.45, 2.75) is 25.3 Å². The molecule has 10 heteroatoms. The molecule has 2 aliphatic heterocycles. The topological polar surface area (TPSA) is 117 Å². The molecule has 35 heavy (non-hydrogen) atoms. The van der Waals surface area contributed by atoms with Gasteiger partial charge in [0.2, 0.25) is 11.8 Å². The largest absolute Gasteiger partial charge is 0.486 e. The first-order valence-electron chi connectivity index (χ1n) is 11.6. The number of anilines is 1. The van der Waals surface area contributed by atoms with Gasteiger partial charge in [0.05, 0.1) is 6.54 Å². The zero-order valence-electron chi connectivity index (χ0n) is 19.3. The Morgan fingerprint density at radius 1 is 1.11 bits per heavy atom. The van der Waals surface area contributed by atoms with Gasteiger partial charge in [0.15, 0.2) is 11.5 Å². The van der Waals surface area contributed by atoms with E-state index in [9.17, 15) is 19.2 Å². The minimum atomic E-state index is -1.12. The molecule has 1 spiro atoms. The van der Waals surface area contributed by atoms with E-state index in [-0.39, 0.29) is 13.1 Å². The molecule has 0 radical (unpaired) electrons. The Bertz CT molecular complexity index is 1210. The van der Waals surface area contributed by atoms with Crippen molar-refractivity contribution in [2.75, 3.05) is 38.2 Å². The summed E-state index contributed by atoms with van der Waals surface area (Å²) in [4.78, 5) is 53.9. The zero-order valence-corrected chi connectivity index (χ0v) is 19.3. The average molecular weight is 479 g/mol. The molecule has 2 aromatic rings. The second kappa shape index (κ2) is 8.94. The first kappa shape index (κ1) is 22.7. The summed E-state index contributed by atoms with van der Waals surface area (Å²) < 4.78 is 11.0. The number of hydrogen-bond acceptors (Lipinski definition) is 6. The molecular formula is C25H26N4O6. The molecule has 2 N–H and O–H groups in total. The Kier molecular flexibility index (Phi) is 5.80. The molecule has 1 atom stereocenters. The van der Waals surface area contributed by atoms with Crippen LogP contribution in [0, 0.1) is 0 Å². The molecule has 10 nitrogen and oxygen atoms in total. The lowest BCUT2D eigenvalue weighted by atomic mass is 9.92. The molecular weight excluding hydrogens is 452 g/mol. The lowest BCUT2D eigenvalue weighted by molar-refractivity contribution is -0.140. The third kappa shape index (κ3) is 4.05. The third-order valence-electron chi connectivity index (χ3n) is 6.61. The first-order chi connectivity index (χ1) is 16.9. The van der Waals surface area contributed by atoms with Crippen LogP contribution in [0.5, 0.6) is 11.5 Å². The van der Waals surface area contributed by atoms with Crippen molar-refractivity contribution in [3.8, 4) is 11.5 Å². The summed E-state index contributed by atoms with van der Waals surface area (Å²) in [5.74, 6) is -0.182. The number of fused-ring (bicyclic) bond motifs is 3. The second-order valence-electron chi connectivity index (χ2n) is 8.70. The average Bonchev–Trinajstić information content (AvgIpc) is 3.35. The molecule has 1 saturated heterocycles. The van der Waals surface area contributed by atoms with Crippen molar-refractivity contribution in [3.05, 3.63) is 53.6 Å². The van der Waals surface area contributed by atoms with Gasteiger partial charge in [-0.2, -0.15) is 0 Å². The Morgan fingerprint density at radius 2 is 1.89 bits per heavy atom. The van der Waals surface area contributed by atoms with Crippen molar-refractivity contribution >= 4 is 29.4 Å². The second-order valence-corrected chi connectivity index (χ2v) is 8.70. The van der Waals surface area contributed by atoms with Crippen molar-refractivity contribution in [3.63, 3.8) is 0 Å². The van der Waals surface area contributed by atoms with E-state index in [2.05, 4.69) is 10.6 Å². The highest BCUT2D eigenvalue weighted by Crippen LogP contribution is 2.41. The number of aryl methyl sites for hydroxylation is 1. The van der Waals surface area contributed by atoms with Crippen LogP contribution in [0.15, 0.2) is 42.5 Å². The van der Waals surface area contributed by atoms with Crippen molar-refractivity contribution in [1.29, 1.82) is 0 Å². The highest BCUT2D eigenvalue weighted by Gasteiger charge is 2.55. The van der Waals surface area contributed by atoms with Crippen LogP contribution in [-0.2, 0) is 26.3 Å². The van der Waals surface area contributed by atoms with Crippen LogP contribution in [-0.4, -0.2) is 66.4 Å². The molecule has 5 amide bonds. The fraction of sp³-hybridized carbons (Fsp3) is 0.360. The summed E-state index contributed by atoms with van der Waals surface area (Å²) in [6.45, 7) is 2.22. The number of ether oxygens (including phenoxy) is 2. The summed E-state index contributed by atoms with van der Waals surface area (Å²) in [6.07, 6.45) is 1.13. The molecule has 2 aromatic carbocycles. The van der Waals surface area contributed by atoms with Gasteiger partial charge < -0.3 is 25.0 Å². The third-order valence-corrected chi connectivity index (χ3v) is 6.61. The lowest BCUT2D eigenvalue weighted by Crippen LogP contribution is -2.46. The van der Waals surface area contributed by atoms with Gasteiger partial charge >= 0.3 is 6.03 Å². The predicted molar refractivity (Wildman–Crippen MR) is 125 cm³/mol. The minimum Gasteiger partial charge on any atom is -0.486 e. The maximum Gasteiger partial charge on any atom is 0.325 e. The zero-order chi connectivity index (χ0) is 24.6. The van der Waals surface area contributed by atoms with Gasteiger partial charge in [-0.05, 0) is 43.0 Å². The first-order valence-corrected chi connectivity index (χ1v) is 11.6. The minimum absolute atomic E-state index is 0.221. The van der Waals surface area contributed by atoms with E-state index in [0.29, 0.717) is 43.2 Å². The summed E-state index contributed by atoms with van der Waals surface area (Å²) in [7, 11) is 0. The van der Waals surface area contributed by atoms with Crippen LogP contribution in [0.4, 0.5) is 10.5 Å². The van der Waals surface area contributed by atoms with Gasteiger partial charge in [0, 0.05) is 18.3 Å². The predicted octanol–water partition coefficient (Wildman–Crippen LogP) is 1.64. The smallest absolute Gasteiger partial charge is 0.325 e. The number of hydrogen-bond donors (Lipinski definition) is 2. The highest BCUT2D eigenvalue weighted by atomic mass is 16.6. The normalized spacial score (nSPS) is 20.0. The molecule has 0 aromatic heterocycles. The van der Waals surface area contributed by atoms with Crippen LogP contribution < -0.4 is 20.1 Å². The monoisotopic (exact) mass is 478 g/mol. The van der Waals surface area contributed by atoms with Gasteiger partial charge in [0.1, 0.15) is 25.3 Å². The molecule has 3 aliphatic rings. The number of nitrogens with one attached hydrogen (secondary N) is 2. The van der Waals surface area contributed by atoms with E-state index in [4.69, 9.17) is 9.47 Å². The number of nitrogens with zero attached hydrogens (tertiary/aromatic N) is 2. The molecule has 1 fully saturated rings. The SMILES string of the molecule is CCN(CC(=O)Nc1ccc2c(c1)OCCO2)C(=O)CN1C(=O)NC2(CCc3ccccc32)C1=O. The number of benzene rings is 2. The van der Waals surface area contributed by atoms with Crippen LogP contribution in [0.25, 0.3) is 0 Å². The van der Waals surface area contributed by atoms with Gasteiger partial charge in [0.25, 0.3) is 5.91 Å². The summed E-state index contributed by atoms with van der Waals surface area (Å²) in [5, 5.41) is 5.56. The fourth-order valence-corrected chi connectivity index (χ4v) is 4.84. The molecule has 182 valence electrons. The maximum atomic E-state index is 13.3. The molecule has 0 bridgehead atoms. The van der Waals surface area contributed by atoms with Gasteiger partial charge in [-0.1, -0.05) is 24.3 Å². The van der Waals surface area contributed by atoms with Crippen molar-refractivity contribution in [2.24, 2.45) is 0 Å². The molecule has 2 heterocycles. The number of imide groups is 1. The molecule has 1 unspecified atom stereocenters. The molecule has 0 saturated carbocycles. The summed E-state index contributed by atoms with van der Waals surface area (Å²) in [5.41, 5.74) is 1.18. The number of rotatable bonds is 6. The van der Waals surface area contributed by atoms with E-state index >= 15 is 0 Å². The molecule has 5 rings (SSSR count). The number of likely N-dealkylation sites (N-methyl/N-ethyl adjacent to an activating group) is 1. The lowest BCUT2D eigenvalue weighted by Gasteiger charge is -2.24. The number of carbonyl (C=O) groups is 4. The van der Waals surface area contributed by atoms with E-state index in [1.165, 1.54) is 4.90 Å². The van der Waals surface area contributed by atoms with Crippen molar-refractivity contribution in [1.82, 2.24) is 15.1 Å². The quantitative estimate of drug-likeness (QED) is 0.610. The fourth-order valence-electron chi connectivity index (χ4n) is 4.84. The summed E-state index contributed by atoms with van der Waals surface area (Å²) >= 11 is 0. The highest BCUT2D eigenvalue weighted by molar-refractivity contribution is 6.10. The van der Waals surface area contributed by atoms with E-state index in [0.717, 1.165) is 16.0 Å². The van der Waals surface area contributed by atoms with Crippen LogP contribution in [0.3, 0.4) is 0 Å². The number of carbonyl (C=O) groups excluding carboxylic acids is 4. The van der Waals surface area contributed by atoms with E-state index < -0.39 is 35.8 Å². The standard InChI is InChI=1S/C25H26N4O6/c1-2-28(14-21(30)26-17-7-8-19-20(13-17)35-12-11-34-19)22(31)15-29-23(32)25(27-24(29)33)10-9-16-5-3-4-6-18(16)25/h3-8,13H,2,9-12,14-15H2,1H3,(H,26,30)(H,27,33). The van der Waals surface area contributed by atoms with Crippen molar-refractivity contribution < 1.29 is 28.7 Å². The number of urea groups is 1. The van der Waals surface area contributed by atoms with Gasteiger partial charge in [-0.15, -0.1) is 0 Å². The Balaban J connectivity index is 1.23. The number of amides is 5. The van der Waals surface area contributed by atoms with E-state index in [1.807, 2.05) is 24.3 Å². The van der Waals surface area contributed by atoms with Crippen LogP contribution in [0.2, 0.25) is 0 Å². The van der Waals surface area contributed by atoms with Gasteiger partial charge in [-0.3, -0.25) is 19.3 Å². The Hall–Kier alpha value is -4.08.